The van der Waals surface area contributed by atoms with Crippen LogP contribution in [0.5, 0.6) is 11.5 Å². The summed E-state index contributed by atoms with van der Waals surface area (Å²) in [6.45, 7) is 1.34. The molecule has 4 rings (SSSR count). The van der Waals surface area contributed by atoms with Crippen LogP contribution < -0.4 is 14.2 Å². The highest BCUT2D eigenvalue weighted by atomic mass is 32.2. The molecule has 1 fully saturated rings. The molecule has 0 saturated heterocycles. The van der Waals surface area contributed by atoms with Gasteiger partial charge in [-0.05, 0) is 54.3 Å². The summed E-state index contributed by atoms with van der Waals surface area (Å²) in [7, 11) is -3.71. The minimum Gasteiger partial charge on any atom is -0.486 e. The minimum absolute atomic E-state index is 0.148. The third kappa shape index (κ3) is 4.75. The fraction of sp³-hybridized carbons (Fsp3) is 0.348. The van der Waals surface area contributed by atoms with Crippen molar-refractivity contribution in [3.63, 3.8) is 0 Å². The van der Waals surface area contributed by atoms with Gasteiger partial charge in [0.1, 0.15) is 13.2 Å². The van der Waals surface area contributed by atoms with Crippen molar-refractivity contribution in [3.05, 3.63) is 59.7 Å². The van der Waals surface area contributed by atoms with E-state index >= 15 is 0 Å². The van der Waals surface area contributed by atoms with Gasteiger partial charge < -0.3 is 14.6 Å². The number of carbonyl (C=O) groups is 1. The Balaban J connectivity index is 1.52. The van der Waals surface area contributed by atoms with Crippen LogP contribution in [0.1, 0.15) is 36.8 Å². The Bertz CT molecular complexity index is 1090. The molecular formula is C23H25NO6S. The van der Waals surface area contributed by atoms with E-state index in [2.05, 4.69) is 4.72 Å². The number of aliphatic carboxylic acids is 1. The standard InChI is InChI=1S/C23H25NO6S/c25-22(26)10-5-17-3-7-19(8-4-17)31(27,28)24-16-23(11-1-2-12-23)18-6-9-20-21(15-18)30-14-13-29-20/h3-10,15,24H,1-2,11-14,16H2,(H,25,26). The van der Waals surface area contributed by atoms with Gasteiger partial charge in [-0.15, -0.1) is 0 Å². The van der Waals surface area contributed by atoms with Crippen LogP contribution in [0, 0.1) is 0 Å². The predicted octanol–water partition coefficient (Wildman–Crippen LogP) is 3.35. The number of benzene rings is 2. The molecule has 7 nitrogen and oxygen atoms in total. The van der Waals surface area contributed by atoms with Gasteiger partial charge in [0.25, 0.3) is 0 Å². The average molecular weight is 444 g/mol. The van der Waals surface area contributed by atoms with Crippen molar-refractivity contribution in [1.82, 2.24) is 4.72 Å². The third-order valence-electron chi connectivity index (χ3n) is 5.92. The first-order valence-corrected chi connectivity index (χ1v) is 11.8. The number of carboxylic acid groups (broad SMARTS) is 1. The van der Waals surface area contributed by atoms with Gasteiger partial charge in [-0.25, -0.2) is 17.9 Å². The molecule has 1 aliphatic heterocycles. The lowest BCUT2D eigenvalue weighted by molar-refractivity contribution is -0.131. The lowest BCUT2D eigenvalue weighted by atomic mass is 9.79. The first kappa shape index (κ1) is 21.4. The maximum absolute atomic E-state index is 12.9. The van der Waals surface area contributed by atoms with Gasteiger partial charge in [0, 0.05) is 18.0 Å². The highest BCUT2D eigenvalue weighted by molar-refractivity contribution is 7.89. The van der Waals surface area contributed by atoms with Gasteiger partial charge >= 0.3 is 5.97 Å². The fourth-order valence-electron chi connectivity index (χ4n) is 4.23. The summed E-state index contributed by atoms with van der Waals surface area (Å²) >= 11 is 0. The largest absolute Gasteiger partial charge is 0.486 e. The van der Waals surface area contributed by atoms with Gasteiger partial charge in [0.2, 0.25) is 10.0 Å². The normalized spacial score (nSPS) is 17.7. The van der Waals surface area contributed by atoms with Crippen molar-refractivity contribution in [1.29, 1.82) is 0 Å². The lowest BCUT2D eigenvalue weighted by Crippen LogP contribution is -2.39. The van der Waals surface area contributed by atoms with Crippen LogP contribution >= 0.6 is 0 Å². The van der Waals surface area contributed by atoms with Crippen molar-refractivity contribution in [3.8, 4) is 11.5 Å². The minimum atomic E-state index is -3.71. The van der Waals surface area contributed by atoms with E-state index < -0.39 is 16.0 Å². The highest BCUT2D eigenvalue weighted by Crippen LogP contribution is 2.44. The van der Waals surface area contributed by atoms with Crippen molar-refractivity contribution in [2.45, 2.75) is 36.0 Å². The molecule has 2 aromatic rings. The molecule has 0 amide bonds. The fourth-order valence-corrected chi connectivity index (χ4v) is 5.36. The van der Waals surface area contributed by atoms with E-state index in [1.807, 2.05) is 18.2 Å². The lowest BCUT2D eigenvalue weighted by Gasteiger charge is -2.31. The average Bonchev–Trinajstić information content (AvgIpc) is 3.27. The molecule has 8 heteroatoms. The van der Waals surface area contributed by atoms with Crippen LogP contribution in [0.25, 0.3) is 6.08 Å². The van der Waals surface area contributed by atoms with Gasteiger partial charge in [0.15, 0.2) is 11.5 Å². The summed E-state index contributed by atoms with van der Waals surface area (Å²) in [5.74, 6) is 0.378. The zero-order valence-corrected chi connectivity index (χ0v) is 17.9. The Kier molecular flexibility index (Phi) is 6.02. The Morgan fingerprint density at radius 2 is 1.71 bits per heavy atom. The van der Waals surface area contributed by atoms with E-state index in [4.69, 9.17) is 14.6 Å². The molecule has 31 heavy (non-hydrogen) atoms. The van der Waals surface area contributed by atoms with Crippen LogP contribution in [-0.2, 0) is 20.2 Å². The van der Waals surface area contributed by atoms with Crippen LogP contribution in [-0.4, -0.2) is 39.3 Å². The SMILES string of the molecule is O=C(O)C=Cc1ccc(S(=O)(=O)NCC2(c3ccc4c(c3)OCCO4)CCCC2)cc1. The van der Waals surface area contributed by atoms with Gasteiger partial charge in [-0.3, -0.25) is 0 Å². The smallest absolute Gasteiger partial charge is 0.328 e. The third-order valence-corrected chi connectivity index (χ3v) is 7.34. The second-order valence-corrected chi connectivity index (χ2v) is 9.68. The number of hydrogen-bond donors (Lipinski definition) is 2. The van der Waals surface area contributed by atoms with E-state index in [1.165, 1.54) is 18.2 Å². The van der Waals surface area contributed by atoms with E-state index in [9.17, 15) is 13.2 Å². The first-order chi connectivity index (χ1) is 14.9. The van der Waals surface area contributed by atoms with Crippen LogP contribution in [0.15, 0.2) is 53.4 Å². The molecule has 0 bridgehead atoms. The number of ether oxygens (including phenoxy) is 2. The topological polar surface area (TPSA) is 102 Å². The van der Waals surface area contributed by atoms with Crippen molar-refractivity contribution in [2.24, 2.45) is 0 Å². The number of rotatable bonds is 7. The quantitative estimate of drug-likeness (QED) is 0.637. The predicted molar refractivity (Wildman–Crippen MR) is 116 cm³/mol. The molecule has 0 spiro atoms. The summed E-state index contributed by atoms with van der Waals surface area (Å²) in [5.41, 5.74) is 1.39. The molecule has 0 aromatic heterocycles. The molecular weight excluding hydrogens is 418 g/mol. The highest BCUT2D eigenvalue weighted by Gasteiger charge is 2.37. The number of hydrogen-bond acceptors (Lipinski definition) is 5. The summed E-state index contributed by atoms with van der Waals surface area (Å²) in [6, 6.07) is 12.0. The van der Waals surface area contributed by atoms with Gasteiger partial charge in [-0.1, -0.05) is 31.0 Å². The van der Waals surface area contributed by atoms with Crippen molar-refractivity contribution < 1.29 is 27.8 Å². The molecule has 0 unspecified atom stereocenters. The summed E-state index contributed by atoms with van der Waals surface area (Å²) in [6.07, 6.45) is 6.31. The summed E-state index contributed by atoms with van der Waals surface area (Å²) in [4.78, 5) is 10.8. The molecule has 0 atom stereocenters. The number of nitrogens with one attached hydrogen (secondary N) is 1. The Labute approximate surface area is 181 Å². The molecule has 1 saturated carbocycles. The van der Waals surface area contributed by atoms with E-state index in [1.54, 1.807) is 12.1 Å². The number of sulfonamides is 1. The van der Waals surface area contributed by atoms with Crippen molar-refractivity contribution >= 4 is 22.1 Å². The maximum atomic E-state index is 12.9. The van der Waals surface area contributed by atoms with E-state index in [-0.39, 0.29) is 10.3 Å². The van der Waals surface area contributed by atoms with Crippen LogP contribution in [0.4, 0.5) is 0 Å². The van der Waals surface area contributed by atoms with Crippen molar-refractivity contribution in [2.75, 3.05) is 19.8 Å². The molecule has 2 aliphatic rings. The van der Waals surface area contributed by atoms with Gasteiger partial charge in [0.05, 0.1) is 4.90 Å². The molecule has 164 valence electrons. The number of carboxylic acids is 1. The molecule has 1 heterocycles. The second kappa shape index (κ2) is 8.72. The zero-order valence-electron chi connectivity index (χ0n) is 17.0. The monoisotopic (exact) mass is 443 g/mol. The van der Waals surface area contributed by atoms with Gasteiger partial charge in [-0.2, -0.15) is 0 Å². The van der Waals surface area contributed by atoms with Crippen LogP contribution in [0.2, 0.25) is 0 Å². The molecule has 1 aliphatic carbocycles. The second-order valence-electron chi connectivity index (χ2n) is 7.91. The first-order valence-electron chi connectivity index (χ1n) is 10.3. The number of fused-ring (bicyclic) bond motifs is 1. The molecule has 0 radical (unpaired) electrons. The Morgan fingerprint density at radius 1 is 1.03 bits per heavy atom. The molecule has 2 N–H and O–H groups in total. The van der Waals surface area contributed by atoms with E-state index in [0.717, 1.165) is 43.1 Å². The van der Waals surface area contributed by atoms with Crippen LogP contribution in [0.3, 0.4) is 0 Å². The molecule has 2 aromatic carbocycles. The van der Waals surface area contributed by atoms with E-state index in [0.29, 0.717) is 31.1 Å². The Morgan fingerprint density at radius 3 is 2.39 bits per heavy atom. The Hall–Kier alpha value is -2.84. The summed E-state index contributed by atoms with van der Waals surface area (Å²) < 4.78 is 39.9. The maximum Gasteiger partial charge on any atom is 0.328 e. The zero-order chi connectivity index (χ0) is 21.9. The summed E-state index contributed by atoms with van der Waals surface area (Å²) in [5, 5.41) is 8.71.